The maximum Gasteiger partial charge on any atom is 0.404 e. The van der Waals surface area contributed by atoms with Crippen molar-refractivity contribution in [3.05, 3.63) is 77.2 Å². The second-order valence-corrected chi connectivity index (χ2v) is 10.8. The average Bonchev–Trinajstić information content (AvgIpc) is 3.12. The lowest BCUT2D eigenvalue weighted by atomic mass is 9.83. The number of carboxylic acid groups (broad SMARTS) is 1. The van der Waals surface area contributed by atoms with Crippen LogP contribution in [0.1, 0.15) is 26.3 Å². The molecule has 0 fully saturated rings. The summed E-state index contributed by atoms with van der Waals surface area (Å²) in [6.07, 6.45) is 0.578. The first-order valence-corrected chi connectivity index (χ1v) is 11.7. The van der Waals surface area contributed by atoms with Crippen LogP contribution in [0.4, 0.5) is 9.18 Å². The zero-order chi connectivity index (χ0) is 23.7. The second-order valence-electron chi connectivity index (χ2n) is 8.57. The highest BCUT2D eigenvalue weighted by Crippen LogP contribution is 2.30. The van der Waals surface area contributed by atoms with Crippen LogP contribution in [0.15, 0.2) is 65.7 Å². The Kier molecular flexibility index (Phi) is 6.67. The van der Waals surface area contributed by atoms with Gasteiger partial charge < -0.3 is 10.4 Å². The summed E-state index contributed by atoms with van der Waals surface area (Å²) in [7, 11) is -4.02. The second kappa shape index (κ2) is 8.96. The molecule has 170 valence electrons. The number of benzene rings is 2. The average molecular weight is 479 g/mol. The van der Waals surface area contributed by atoms with Gasteiger partial charge in [0.15, 0.2) is 0 Å². The van der Waals surface area contributed by atoms with Crippen molar-refractivity contribution in [1.82, 2.24) is 9.29 Å². The summed E-state index contributed by atoms with van der Waals surface area (Å²) in [6, 6.07) is 12.6. The molecule has 0 aliphatic rings. The van der Waals surface area contributed by atoms with Gasteiger partial charge in [-0.05, 0) is 71.5 Å². The van der Waals surface area contributed by atoms with Crippen LogP contribution in [0, 0.1) is 11.2 Å². The lowest BCUT2D eigenvalue weighted by Crippen LogP contribution is -2.44. The van der Waals surface area contributed by atoms with E-state index in [2.05, 4.69) is 5.32 Å². The van der Waals surface area contributed by atoms with Crippen LogP contribution in [0.5, 0.6) is 0 Å². The smallest absolute Gasteiger partial charge is 0.404 e. The number of amides is 1. The van der Waals surface area contributed by atoms with Crippen LogP contribution in [0.2, 0.25) is 5.02 Å². The molecular weight excluding hydrogens is 455 g/mol. The molecule has 2 N–H and O–H groups in total. The highest BCUT2D eigenvalue weighted by Gasteiger charge is 2.29. The van der Waals surface area contributed by atoms with Crippen LogP contribution >= 0.6 is 11.6 Å². The summed E-state index contributed by atoms with van der Waals surface area (Å²) in [5, 5.41) is 12.0. The van der Waals surface area contributed by atoms with Gasteiger partial charge in [0.1, 0.15) is 5.82 Å². The van der Waals surface area contributed by atoms with Crippen LogP contribution in [-0.2, 0) is 16.4 Å². The fourth-order valence-electron chi connectivity index (χ4n) is 3.34. The van der Waals surface area contributed by atoms with Crippen molar-refractivity contribution in [2.75, 3.05) is 0 Å². The van der Waals surface area contributed by atoms with Gasteiger partial charge >= 0.3 is 6.09 Å². The molecule has 1 amide bonds. The Balaban J connectivity index is 2.14. The Bertz CT molecular complexity index is 1230. The third kappa shape index (κ3) is 5.31. The lowest BCUT2D eigenvalue weighted by molar-refractivity contribution is 0.174. The highest BCUT2D eigenvalue weighted by atomic mass is 35.5. The molecule has 3 aromatic rings. The Morgan fingerprint density at radius 2 is 1.81 bits per heavy atom. The Morgan fingerprint density at radius 3 is 2.38 bits per heavy atom. The Morgan fingerprint density at radius 1 is 1.16 bits per heavy atom. The summed E-state index contributed by atoms with van der Waals surface area (Å²) >= 11 is 6.01. The van der Waals surface area contributed by atoms with Crippen molar-refractivity contribution in [3.63, 3.8) is 0 Å². The molecule has 3 rings (SSSR count). The molecule has 1 heterocycles. The zero-order valence-corrected chi connectivity index (χ0v) is 19.4. The van der Waals surface area contributed by atoms with E-state index in [9.17, 15) is 22.7 Å². The van der Waals surface area contributed by atoms with Crippen molar-refractivity contribution >= 4 is 27.7 Å². The molecule has 0 saturated carbocycles. The van der Waals surface area contributed by atoms with E-state index in [0.717, 1.165) is 3.97 Å². The fourth-order valence-corrected chi connectivity index (χ4v) is 5.04. The summed E-state index contributed by atoms with van der Waals surface area (Å²) < 4.78 is 41.5. The largest absolute Gasteiger partial charge is 0.465 e. The molecule has 1 atom stereocenters. The van der Waals surface area contributed by atoms with E-state index < -0.39 is 33.4 Å². The van der Waals surface area contributed by atoms with E-state index in [4.69, 9.17) is 11.6 Å². The monoisotopic (exact) mass is 478 g/mol. The van der Waals surface area contributed by atoms with Gasteiger partial charge in [0.05, 0.1) is 10.6 Å². The molecule has 32 heavy (non-hydrogen) atoms. The number of carbonyl (C=O) groups is 1. The van der Waals surface area contributed by atoms with Gasteiger partial charge in [-0.15, -0.1) is 0 Å². The molecular formula is C23H24ClFN2O4S. The van der Waals surface area contributed by atoms with Gasteiger partial charge in [0, 0.05) is 17.3 Å². The number of nitrogens with one attached hydrogen (secondary N) is 1. The first-order valence-electron chi connectivity index (χ1n) is 9.86. The van der Waals surface area contributed by atoms with Crippen LogP contribution in [0.25, 0.3) is 11.3 Å². The first kappa shape index (κ1) is 23.8. The van der Waals surface area contributed by atoms with E-state index in [1.54, 1.807) is 18.2 Å². The molecule has 2 aromatic carbocycles. The molecule has 0 aliphatic carbocycles. The van der Waals surface area contributed by atoms with Gasteiger partial charge in [-0.2, -0.15) is 0 Å². The van der Waals surface area contributed by atoms with E-state index in [0.29, 0.717) is 16.8 Å². The SMILES string of the molecule is CC(C)(C)C(Cc1cc(-c2ccc(F)cc2)n(S(=O)(=O)c2cccc(Cl)c2)c1)NC(=O)O. The van der Waals surface area contributed by atoms with E-state index in [1.165, 1.54) is 42.6 Å². The number of nitrogens with zero attached hydrogens (tertiary/aromatic N) is 1. The third-order valence-corrected chi connectivity index (χ3v) is 7.02. The summed E-state index contributed by atoms with van der Waals surface area (Å²) in [5.74, 6) is -0.441. The zero-order valence-electron chi connectivity index (χ0n) is 17.8. The van der Waals surface area contributed by atoms with Gasteiger partial charge in [-0.1, -0.05) is 38.4 Å². The molecule has 9 heteroatoms. The molecule has 0 aliphatic heterocycles. The van der Waals surface area contributed by atoms with Gasteiger partial charge in [0.25, 0.3) is 10.0 Å². The molecule has 6 nitrogen and oxygen atoms in total. The highest BCUT2D eigenvalue weighted by molar-refractivity contribution is 7.90. The normalized spacial score (nSPS) is 13.0. The minimum absolute atomic E-state index is 0.00606. The van der Waals surface area contributed by atoms with Gasteiger partial charge in [-0.3, -0.25) is 0 Å². The lowest BCUT2D eigenvalue weighted by Gasteiger charge is -2.30. The molecule has 1 unspecified atom stereocenters. The minimum atomic E-state index is -4.02. The van der Waals surface area contributed by atoms with Gasteiger partial charge in [-0.25, -0.2) is 21.6 Å². The van der Waals surface area contributed by atoms with Gasteiger partial charge in [0.2, 0.25) is 0 Å². The Labute approximate surface area is 191 Å². The molecule has 0 radical (unpaired) electrons. The standard InChI is InChI=1S/C23H24ClFN2O4S/c1-23(2,3)21(26-22(28)29)12-15-11-20(16-7-9-18(25)10-8-16)27(14-15)32(30,31)19-6-4-5-17(24)13-19/h4-11,13-14,21,26H,12H2,1-3H3,(H,28,29). The maximum atomic E-state index is 13.5. The molecule has 0 saturated heterocycles. The summed E-state index contributed by atoms with van der Waals surface area (Å²) in [4.78, 5) is 11.3. The number of halogens is 2. The van der Waals surface area contributed by atoms with Crippen LogP contribution < -0.4 is 5.32 Å². The van der Waals surface area contributed by atoms with Crippen molar-refractivity contribution in [3.8, 4) is 11.3 Å². The van der Waals surface area contributed by atoms with Crippen molar-refractivity contribution in [2.45, 2.75) is 38.1 Å². The minimum Gasteiger partial charge on any atom is -0.465 e. The number of aromatic nitrogens is 1. The third-order valence-electron chi connectivity index (χ3n) is 5.12. The topological polar surface area (TPSA) is 88.4 Å². The van der Waals surface area contributed by atoms with E-state index >= 15 is 0 Å². The first-order chi connectivity index (χ1) is 14.9. The van der Waals surface area contributed by atoms with E-state index in [1.807, 2.05) is 20.8 Å². The predicted octanol–water partition coefficient (Wildman–Crippen LogP) is 5.41. The Hall–Kier alpha value is -2.84. The number of hydrogen-bond acceptors (Lipinski definition) is 3. The van der Waals surface area contributed by atoms with Crippen LogP contribution in [0.3, 0.4) is 0 Å². The summed E-state index contributed by atoms with van der Waals surface area (Å²) in [5.41, 5.74) is 1.04. The van der Waals surface area contributed by atoms with Crippen molar-refractivity contribution in [1.29, 1.82) is 0 Å². The molecule has 0 spiro atoms. The quantitative estimate of drug-likeness (QED) is 0.495. The van der Waals surface area contributed by atoms with Crippen molar-refractivity contribution < 1.29 is 22.7 Å². The number of rotatable bonds is 6. The maximum absolute atomic E-state index is 13.5. The number of hydrogen-bond donors (Lipinski definition) is 2. The van der Waals surface area contributed by atoms with Crippen molar-refractivity contribution in [2.24, 2.45) is 5.41 Å². The van der Waals surface area contributed by atoms with E-state index in [-0.39, 0.29) is 16.3 Å². The molecule has 1 aromatic heterocycles. The molecule has 0 bridgehead atoms. The van der Waals surface area contributed by atoms with Crippen LogP contribution in [-0.4, -0.2) is 29.6 Å². The predicted molar refractivity (Wildman–Crippen MR) is 122 cm³/mol. The fraction of sp³-hybridized carbons (Fsp3) is 0.261. The summed E-state index contributed by atoms with van der Waals surface area (Å²) in [6.45, 7) is 5.69.